The largest absolute Gasteiger partial charge is 0.493 e. The van der Waals surface area contributed by atoms with E-state index < -0.39 is 0 Å². The van der Waals surface area contributed by atoms with Crippen LogP contribution in [0.4, 0.5) is 0 Å². The first-order valence-electron chi connectivity index (χ1n) is 10.9. The van der Waals surface area contributed by atoms with Gasteiger partial charge in [-0.2, -0.15) is 0 Å². The van der Waals surface area contributed by atoms with Gasteiger partial charge in [-0.25, -0.2) is 0 Å². The second kappa shape index (κ2) is 13.0. The molecule has 3 aromatic rings. The minimum Gasteiger partial charge on any atom is -0.493 e. The van der Waals surface area contributed by atoms with Gasteiger partial charge in [-0.3, -0.25) is 0 Å². The summed E-state index contributed by atoms with van der Waals surface area (Å²) in [5, 5.41) is 5.03. The van der Waals surface area contributed by atoms with Crippen LogP contribution in [-0.2, 0) is 19.6 Å². The van der Waals surface area contributed by atoms with Crippen LogP contribution in [0.5, 0.6) is 23.0 Å². The quantitative estimate of drug-likeness (QED) is 0.259. The molecule has 3 aromatic carbocycles. The molecule has 0 aliphatic carbocycles. The molecular formula is C26H28Cl3NO4. The molecule has 5 nitrogen and oxygen atoms in total. The van der Waals surface area contributed by atoms with Crippen LogP contribution >= 0.6 is 34.8 Å². The van der Waals surface area contributed by atoms with E-state index in [1.165, 1.54) is 0 Å². The molecule has 0 aliphatic rings. The molecule has 0 aliphatic heterocycles. The standard InChI is InChI=1S/C26H28Cl3NO4/c1-4-33-25-13-19(15-30-10-9-17-6-8-23(31-2)24(12-17)32-3)21(28)14-26(25)34-16-18-5-7-20(27)22(29)11-18/h5-8,11-14,30H,4,9-10,15-16H2,1-3H3. The van der Waals surface area contributed by atoms with Crippen LogP contribution in [0.1, 0.15) is 23.6 Å². The summed E-state index contributed by atoms with van der Waals surface area (Å²) in [7, 11) is 3.26. The predicted octanol–water partition coefficient (Wildman–Crippen LogP) is 6.97. The van der Waals surface area contributed by atoms with Crippen LogP contribution in [0.2, 0.25) is 15.1 Å². The normalized spacial score (nSPS) is 10.8. The first-order chi connectivity index (χ1) is 16.4. The number of methoxy groups -OCH3 is 2. The van der Waals surface area contributed by atoms with Gasteiger partial charge in [0.05, 0.1) is 30.9 Å². The summed E-state index contributed by atoms with van der Waals surface area (Å²) in [6.45, 7) is 4.12. The molecule has 0 radical (unpaired) electrons. The van der Waals surface area contributed by atoms with E-state index in [4.69, 9.17) is 53.8 Å². The second-order valence-electron chi connectivity index (χ2n) is 7.48. The highest BCUT2D eigenvalue weighted by molar-refractivity contribution is 6.42. The SMILES string of the molecule is CCOc1cc(CNCCc2ccc(OC)c(OC)c2)c(Cl)cc1OCc1ccc(Cl)c(Cl)c1. The number of hydrogen-bond donors (Lipinski definition) is 1. The molecule has 182 valence electrons. The lowest BCUT2D eigenvalue weighted by molar-refractivity contribution is 0.269. The number of ether oxygens (including phenoxy) is 4. The summed E-state index contributed by atoms with van der Waals surface area (Å²) in [6, 6.07) is 15.0. The molecule has 0 atom stereocenters. The van der Waals surface area contributed by atoms with Gasteiger partial charge in [-0.1, -0.05) is 46.9 Å². The van der Waals surface area contributed by atoms with Gasteiger partial charge < -0.3 is 24.3 Å². The van der Waals surface area contributed by atoms with Crippen LogP contribution in [0.25, 0.3) is 0 Å². The summed E-state index contributed by atoms with van der Waals surface area (Å²) >= 11 is 18.6. The third-order valence-corrected chi connectivity index (χ3v) is 6.24. The van der Waals surface area contributed by atoms with Crippen molar-refractivity contribution in [3.05, 3.63) is 80.3 Å². The summed E-state index contributed by atoms with van der Waals surface area (Å²) in [5.74, 6) is 2.66. The van der Waals surface area contributed by atoms with E-state index in [0.29, 0.717) is 46.3 Å². The van der Waals surface area contributed by atoms with Gasteiger partial charge in [0.25, 0.3) is 0 Å². The third-order valence-electron chi connectivity index (χ3n) is 5.14. The lowest BCUT2D eigenvalue weighted by atomic mass is 10.1. The monoisotopic (exact) mass is 523 g/mol. The second-order valence-corrected chi connectivity index (χ2v) is 8.70. The Hall–Kier alpha value is -2.31. The van der Waals surface area contributed by atoms with E-state index in [-0.39, 0.29) is 0 Å². The number of hydrogen-bond acceptors (Lipinski definition) is 5. The fraction of sp³-hybridized carbons (Fsp3) is 0.308. The fourth-order valence-corrected chi connectivity index (χ4v) is 3.92. The zero-order valence-corrected chi connectivity index (χ0v) is 21.7. The Morgan fingerprint density at radius 3 is 2.15 bits per heavy atom. The van der Waals surface area contributed by atoms with Crippen molar-refractivity contribution in [2.24, 2.45) is 0 Å². The zero-order chi connectivity index (χ0) is 24.5. The molecular weight excluding hydrogens is 497 g/mol. The molecule has 0 amide bonds. The molecule has 0 aromatic heterocycles. The van der Waals surface area contributed by atoms with Gasteiger partial charge in [0.1, 0.15) is 6.61 Å². The first-order valence-corrected chi connectivity index (χ1v) is 12.0. The van der Waals surface area contributed by atoms with Crippen molar-refractivity contribution in [1.29, 1.82) is 0 Å². The number of benzene rings is 3. The van der Waals surface area contributed by atoms with E-state index in [1.54, 1.807) is 32.4 Å². The fourth-order valence-electron chi connectivity index (χ4n) is 3.38. The zero-order valence-electron chi connectivity index (χ0n) is 19.4. The van der Waals surface area contributed by atoms with Crippen LogP contribution in [0, 0.1) is 0 Å². The van der Waals surface area contributed by atoms with Crippen molar-refractivity contribution in [2.45, 2.75) is 26.5 Å². The van der Waals surface area contributed by atoms with E-state index in [2.05, 4.69) is 5.32 Å². The molecule has 0 spiro atoms. The topological polar surface area (TPSA) is 49.0 Å². The molecule has 34 heavy (non-hydrogen) atoms. The molecule has 0 unspecified atom stereocenters. The predicted molar refractivity (Wildman–Crippen MR) is 138 cm³/mol. The van der Waals surface area contributed by atoms with Crippen LogP contribution in [0.3, 0.4) is 0 Å². The molecule has 3 rings (SSSR count). The Morgan fingerprint density at radius 2 is 1.44 bits per heavy atom. The Balaban J connectivity index is 1.61. The molecule has 0 saturated carbocycles. The summed E-state index contributed by atoms with van der Waals surface area (Å²) in [6.07, 6.45) is 0.834. The molecule has 0 saturated heterocycles. The van der Waals surface area contributed by atoms with Gasteiger partial charge in [0.15, 0.2) is 23.0 Å². The Kier molecular flexibility index (Phi) is 10.0. The average Bonchev–Trinajstić information content (AvgIpc) is 2.84. The van der Waals surface area contributed by atoms with Crippen LogP contribution in [-0.4, -0.2) is 27.4 Å². The Bertz CT molecular complexity index is 1110. The highest BCUT2D eigenvalue weighted by Crippen LogP contribution is 2.35. The summed E-state index contributed by atoms with van der Waals surface area (Å²) < 4.78 is 22.4. The first kappa shape index (κ1) is 26.3. The Labute approximate surface area is 215 Å². The number of nitrogens with one attached hydrogen (secondary N) is 1. The molecule has 1 N–H and O–H groups in total. The van der Waals surface area contributed by atoms with Gasteiger partial charge >= 0.3 is 0 Å². The van der Waals surface area contributed by atoms with E-state index >= 15 is 0 Å². The van der Waals surface area contributed by atoms with Crippen molar-refractivity contribution < 1.29 is 18.9 Å². The van der Waals surface area contributed by atoms with Gasteiger partial charge in [-0.15, -0.1) is 0 Å². The lowest BCUT2D eigenvalue weighted by Gasteiger charge is -2.16. The Morgan fingerprint density at radius 1 is 0.706 bits per heavy atom. The van der Waals surface area contributed by atoms with Gasteiger partial charge in [0.2, 0.25) is 0 Å². The molecule has 0 fully saturated rings. The van der Waals surface area contributed by atoms with Crippen molar-refractivity contribution in [3.63, 3.8) is 0 Å². The number of halogens is 3. The highest BCUT2D eigenvalue weighted by Gasteiger charge is 2.12. The molecule has 0 bridgehead atoms. The maximum absolute atomic E-state index is 6.55. The molecule has 0 heterocycles. The highest BCUT2D eigenvalue weighted by atomic mass is 35.5. The van der Waals surface area contributed by atoms with Crippen molar-refractivity contribution >= 4 is 34.8 Å². The number of rotatable bonds is 12. The minimum atomic E-state index is 0.316. The summed E-state index contributed by atoms with van der Waals surface area (Å²) in [5.41, 5.74) is 2.98. The van der Waals surface area contributed by atoms with Crippen LogP contribution in [0.15, 0.2) is 48.5 Å². The van der Waals surface area contributed by atoms with Gasteiger partial charge in [-0.05, 0) is 66.9 Å². The van der Waals surface area contributed by atoms with Crippen molar-refractivity contribution in [3.8, 4) is 23.0 Å². The van der Waals surface area contributed by atoms with E-state index in [1.807, 2.05) is 37.3 Å². The van der Waals surface area contributed by atoms with Crippen LogP contribution < -0.4 is 24.3 Å². The van der Waals surface area contributed by atoms with Crippen molar-refractivity contribution in [1.82, 2.24) is 5.32 Å². The minimum absolute atomic E-state index is 0.316. The third kappa shape index (κ3) is 7.09. The van der Waals surface area contributed by atoms with E-state index in [9.17, 15) is 0 Å². The average molecular weight is 525 g/mol. The summed E-state index contributed by atoms with van der Waals surface area (Å²) in [4.78, 5) is 0. The smallest absolute Gasteiger partial charge is 0.163 e. The molecule has 8 heteroatoms. The lowest BCUT2D eigenvalue weighted by Crippen LogP contribution is -2.17. The van der Waals surface area contributed by atoms with Gasteiger partial charge in [0, 0.05) is 17.6 Å². The maximum atomic E-state index is 6.55. The maximum Gasteiger partial charge on any atom is 0.163 e. The van der Waals surface area contributed by atoms with E-state index in [0.717, 1.165) is 41.2 Å². The van der Waals surface area contributed by atoms with Crippen molar-refractivity contribution in [2.75, 3.05) is 27.4 Å².